The lowest BCUT2D eigenvalue weighted by Gasteiger charge is -2.20. The van der Waals surface area contributed by atoms with Gasteiger partial charge in [-0.2, -0.15) is 0 Å². The summed E-state index contributed by atoms with van der Waals surface area (Å²) in [5, 5.41) is 26.7. The fraction of sp³-hybridized carbons (Fsp3) is 0.333. The van der Waals surface area contributed by atoms with Gasteiger partial charge in [0, 0.05) is 0 Å². The smallest absolute Gasteiger partial charge is 0.151 e. The SMILES string of the molecule is C=CC(O)N(O)C(O)C=C. The van der Waals surface area contributed by atoms with Gasteiger partial charge in [0.05, 0.1) is 0 Å². The second kappa shape index (κ2) is 4.19. The van der Waals surface area contributed by atoms with Crippen LogP contribution >= 0.6 is 0 Å². The molecule has 0 aromatic carbocycles. The van der Waals surface area contributed by atoms with Crippen LogP contribution in [-0.4, -0.2) is 32.9 Å². The first-order valence-electron chi connectivity index (χ1n) is 2.72. The fourth-order valence-corrected chi connectivity index (χ4v) is 0.372. The van der Waals surface area contributed by atoms with Gasteiger partial charge in [-0.3, -0.25) is 0 Å². The Labute approximate surface area is 59.3 Å². The highest BCUT2D eigenvalue weighted by molar-refractivity contribution is 4.82. The Morgan fingerprint density at radius 1 is 1.10 bits per heavy atom. The molecule has 0 rings (SSSR count). The van der Waals surface area contributed by atoms with Gasteiger partial charge in [-0.05, 0) is 12.2 Å². The molecule has 4 heteroatoms. The normalized spacial score (nSPS) is 16.4. The van der Waals surface area contributed by atoms with Crippen molar-refractivity contribution >= 4 is 0 Å². The number of aliphatic hydroxyl groups excluding tert-OH is 2. The predicted octanol–water partition coefficient (Wildman–Crippen LogP) is -0.314. The first kappa shape index (κ1) is 9.32. The molecule has 0 fully saturated rings. The zero-order chi connectivity index (χ0) is 8.15. The Hall–Kier alpha value is -0.680. The van der Waals surface area contributed by atoms with E-state index in [1.54, 1.807) is 0 Å². The van der Waals surface area contributed by atoms with E-state index in [9.17, 15) is 0 Å². The van der Waals surface area contributed by atoms with Crippen molar-refractivity contribution in [3.63, 3.8) is 0 Å². The molecule has 0 aliphatic heterocycles. The van der Waals surface area contributed by atoms with Crippen LogP contribution in [0.4, 0.5) is 0 Å². The Bertz CT molecular complexity index is 112. The van der Waals surface area contributed by atoms with E-state index in [4.69, 9.17) is 15.4 Å². The molecule has 0 radical (unpaired) electrons. The molecule has 0 aromatic rings. The van der Waals surface area contributed by atoms with E-state index in [1.807, 2.05) is 0 Å². The van der Waals surface area contributed by atoms with Gasteiger partial charge in [0.25, 0.3) is 0 Å². The summed E-state index contributed by atoms with van der Waals surface area (Å²) in [6.07, 6.45) is -0.389. The summed E-state index contributed by atoms with van der Waals surface area (Å²) in [6.45, 7) is 6.40. The highest BCUT2D eigenvalue weighted by atomic mass is 16.6. The fourth-order valence-electron chi connectivity index (χ4n) is 0.372. The first-order chi connectivity index (χ1) is 4.63. The molecular weight excluding hydrogens is 134 g/mol. The Kier molecular flexibility index (Phi) is 3.90. The van der Waals surface area contributed by atoms with Gasteiger partial charge in [-0.1, -0.05) is 13.2 Å². The lowest BCUT2D eigenvalue weighted by molar-refractivity contribution is -0.239. The quantitative estimate of drug-likeness (QED) is 0.288. The van der Waals surface area contributed by atoms with Crippen molar-refractivity contribution in [2.75, 3.05) is 0 Å². The summed E-state index contributed by atoms with van der Waals surface area (Å²) in [7, 11) is 0. The lowest BCUT2D eigenvalue weighted by atomic mass is 10.4. The predicted molar refractivity (Wildman–Crippen MR) is 36.0 cm³/mol. The van der Waals surface area contributed by atoms with E-state index >= 15 is 0 Å². The molecule has 0 aliphatic carbocycles. The molecule has 0 aliphatic rings. The standard InChI is InChI=1S/C6H11NO3/c1-3-5(8)7(10)6(9)4-2/h3-6,8-10H,1-2H2. The maximum atomic E-state index is 8.78. The maximum Gasteiger partial charge on any atom is 0.151 e. The van der Waals surface area contributed by atoms with Crippen LogP contribution in [0, 0.1) is 0 Å². The highest BCUT2D eigenvalue weighted by Gasteiger charge is 2.14. The molecule has 10 heavy (non-hydrogen) atoms. The topological polar surface area (TPSA) is 63.9 Å². The van der Waals surface area contributed by atoms with Crippen molar-refractivity contribution in [2.45, 2.75) is 12.5 Å². The average Bonchev–Trinajstić information content (AvgIpc) is 2.00. The number of hydrogen-bond acceptors (Lipinski definition) is 4. The van der Waals surface area contributed by atoms with Gasteiger partial charge >= 0.3 is 0 Å². The molecule has 2 atom stereocenters. The summed E-state index contributed by atoms with van der Waals surface area (Å²) >= 11 is 0. The average molecular weight is 145 g/mol. The number of aliphatic hydroxyl groups is 2. The van der Waals surface area contributed by atoms with E-state index in [2.05, 4.69) is 13.2 Å². The van der Waals surface area contributed by atoms with E-state index < -0.39 is 12.5 Å². The van der Waals surface area contributed by atoms with Gasteiger partial charge in [0.2, 0.25) is 0 Å². The van der Waals surface area contributed by atoms with Gasteiger partial charge in [0.1, 0.15) is 0 Å². The van der Waals surface area contributed by atoms with Gasteiger partial charge in [-0.25, -0.2) is 0 Å². The Morgan fingerprint density at radius 3 is 1.60 bits per heavy atom. The van der Waals surface area contributed by atoms with E-state index in [-0.39, 0.29) is 0 Å². The molecule has 2 unspecified atom stereocenters. The van der Waals surface area contributed by atoms with Crippen molar-refractivity contribution in [1.29, 1.82) is 0 Å². The lowest BCUT2D eigenvalue weighted by Crippen LogP contribution is -2.38. The summed E-state index contributed by atoms with van der Waals surface area (Å²) in [4.78, 5) is 0. The Balaban J connectivity index is 3.91. The molecule has 0 heterocycles. The molecule has 4 nitrogen and oxygen atoms in total. The zero-order valence-electron chi connectivity index (χ0n) is 5.51. The molecule has 0 saturated heterocycles. The van der Waals surface area contributed by atoms with Crippen LogP contribution in [0.3, 0.4) is 0 Å². The second-order valence-corrected chi connectivity index (χ2v) is 1.68. The van der Waals surface area contributed by atoms with Crippen molar-refractivity contribution in [3.8, 4) is 0 Å². The van der Waals surface area contributed by atoms with E-state index in [1.165, 1.54) is 0 Å². The number of hydrogen-bond donors (Lipinski definition) is 3. The second-order valence-electron chi connectivity index (χ2n) is 1.68. The number of nitrogens with zero attached hydrogens (tertiary/aromatic N) is 1. The summed E-state index contributed by atoms with van der Waals surface area (Å²) < 4.78 is 0. The minimum Gasteiger partial charge on any atom is -0.372 e. The molecule has 58 valence electrons. The van der Waals surface area contributed by atoms with Gasteiger partial charge < -0.3 is 15.4 Å². The third-order valence-electron chi connectivity index (χ3n) is 0.964. The minimum atomic E-state index is -1.27. The van der Waals surface area contributed by atoms with Crippen LogP contribution in [-0.2, 0) is 0 Å². The largest absolute Gasteiger partial charge is 0.372 e. The van der Waals surface area contributed by atoms with Crippen LogP contribution in [0.2, 0.25) is 0 Å². The summed E-state index contributed by atoms with van der Waals surface area (Å²) in [6, 6.07) is 0. The van der Waals surface area contributed by atoms with Crippen LogP contribution in [0.5, 0.6) is 0 Å². The maximum absolute atomic E-state index is 8.78. The molecule has 3 N–H and O–H groups in total. The number of hydroxylamine groups is 2. The van der Waals surface area contributed by atoms with Crippen LogP contribution in [0.15, 0.2) is 25.3 Å². The van der Waals surface area contributed by atoms with Crippen LogP contribution < -0.4 is 0 Å². The van der Waals surface area contributed by atoms with E-state index in [0.29, 0.717) is 5.06 Å². The zero-order valence-corrected chi connectivity index (χ0v) is 5.51. The van der Waals surface area contributed by atoms with Crippen LogP contribution in [0.1, 0.15) is 0 Å². The third kappa shape index (κ3) is 2.28. The molecule has 0 aromatic heterocycles. The monoisotopic (exact) mass is 145 g/mol. The minimum absolute atomic E-state index is 0.319. The summed E-state index contributed by atoms with van der Waals surface area (Å²) in [5.74, 6) is 0. The molecule has 0 saturated carbocycles. The van der Waals surface area contributed by atoms with Crippen molar-refractivity contribution in [3.05, 3.63) is 25.3 Å². The van der Waals surface area contributed by atoms with Gasteiger partial charge in [0.15, 0.2) is 12.5 Å². The molecule has 0 spiro atoms. The highest BCUT2D eigenvalue weighted by Crippen LogP contribution is 1.98. The number of rotatable bonds is 4. The van der Waals surface area contributed by atoms with E-state index in [0.717, 1.165) is 12.2 Å². The summed E-state index contributed by atoms with van der Waals surface area (Å²) in [5.41, 5.74) is 0. The molecule has 0 bridgehead atoms. The Morgan fingerprint density at radius 2 is 1.40 bits per heavy atom. The first-order valence-corrected chi connectivity index (χ1v) is 2.72. The molecule has 0 amide bonds. The van der Waals surface area contributed by atoms with Crippen molar-refractivity contribution < 1.29 is 15.4 Å². The van der Waals surface area contributed by atoms with Crippen molar-refractivity contribution in [2.24, 2.45) is 0 Å². The van der Waals surface area contributed by atoms with Crippen LogP contribution in [0.25, 0.3) is 0 Å². The third-order valence-corrected chi connectivity index (χ3v) is 0.964. The molecular formula is C6H11NO3. The van der Waals surface area contributed by atoms with Crippen molar-refractivity contribution in [1.82, 2.24) is 5.06 Å². The van der Waals surface area contributed by atoms with Gasteiger partial charge in [-0.15, -0.1) is 5.06 Å².